The molecule has 4 nitrogen and oxygen atoms in total. The van der Waals surface area contributed by atoms with Crippen LogP contribution in [0.2, 0.25) is 0 Å². The van der Waals surface area contributed by atoms with Crippen LogP contribution in [-0.2, 0) is 6.18 Å². The second kappa shape index (κ2) is 8.30. The number of rotatable bonds is 5. The molecular weight excluding hydrogens is 429 g/mol. The number of ether oxygens (including phenoxy) is 1. The minimum absolute atomic E-state index is 0.270. The molecular formula is C26H23F3N2O2. The SMILES string of the molecule is CC(=NC(=O)c1ccc2c(Oc3ccc(C(F)(F)F)cc3)cccc2c1)C1CN(C2CC2)C1. The Morgan fingerprint density at radius 3 is 2.42 bits per heavy atom. The molecule has 0 aromatic heterocycles. The first kappa shape index (κ1) is 21.6. The van der Waals surface area contributed by atoms with Gasteiger partial charge in [-0.2, -0.15) is 13.2 Å². The number of halogens is 3. The summed E-state index contributed by atoms with van der Waals surface area (Å²) in [5, 5.41) is 1.55. The highest BCUT2D eigenvalue weighted by atomic mass is 19.4. The van der Waals surface area contributed by atoms with Crippen LogP contribution in [-0.4, -0.2) is 35.7 Å². The summed E-state index contributed by atoms with van der Waals surface area (Å²) < 4.78 is 44.2. The molecule has 5 rings (SSSR count). The largest absolute Gasteiger partial charge is 0.457 e. The monoisotopic (exact) mass is 452 g/mol. The molecule has 1 aliphatic carbocycles. The molecule has 1 aliphatic heterocycles. The van der Waals surface area contributed by atoms with Crippen molar-refractivity contribution in [2.45, 2.75) is 32.0 Å². The van der Waals surface area contributed by atoms with Crippen LogP contribution in [0.25, 0.3) is 10.8 Å². The van der Waals surface area contributed by atoms with Gasteiger partial charge >= 0.3 is 6.18 Å². The van der Waals surface area contributed by atoms with Gasteiger partial charge in [0.1, 0.15) is 11.5 Å². The fourth-order valence-corrected chi connectivity index (χ4v) is 4.15. The number of carbonyl (C=O) groups is 1. The first-order valence-electron chi connectivity index (χ1n) is 11.0. The van der Waals surface area contributed by atoms with Crippen LogP contribution in [0, 0.1) is 5.92 Å². The van der Waals surface area contributed by atoms with Crippen LogP contribution < -0.4 is 4.74 Å². The van der Waals surface area contributed by atoms with Crippen molar-refractivity contribution < 1.29 is 22.7 Å². The maximum Gasteiger partial charge on any atom is 0.416 e. The zero-order valence-electron chi connectivity index (χ0n) is 18.1. The van der Waals surface area contributed by atoms with E-state index < -0.39 is 11.7 Å². The number of nitrogens with zero attached hydrogens (tertiary/aromatic N) is 2. The summed E-state index contributed by atoms with van der Waals surface area (Å²) in [7, 11) is 0. The fraction of sp³-hybridized carbons (Fsp3) is 0.308. The zero-order chi connectivity index (χ0) is 23.2. The number of aliphatic imine (C=N–C) groups is 1. The third-order valence-electron chi connectivity index (χ3n) is 6.34. The second-order valence-electron chi connectivity index (χ2n) is 8.76. The summed E-state index contributed by atoms with van der Waals surface area (Å²) in [4.78, 5) is 19.5. The molecule has 0 radical (unpaired) electrons. The molecule has 7 heteroatoms. The van der Waals surface area contributed by atoms with Gasteiger partial charge < -0.3 is 4.74 Å². The van der Waals surface area contributed by atoms with E-state index in [0.717, 1.165) is 47.7 Å². The van der Waals surface area contributed by atoms with E-state index in [9.17, 15) is 18.0 Å². The van der Waals surface area contributed by atoms with Crippen LogP contribution >= 0.6 is 0 Å². The van der Waals surface area contributed by atoms with E-state index in [4.69, 9.17) is 4.74 Å². The molecule has 3 aromatic rings. The highest BCUT2D eigenvalue weighted by Crippen LogP contribution is 2.35. The van der Waals surface area contributed by atoms with E-state index in [0.29, 0.717) is 23.0 Å². The molecule has 1 saturated carbocycles. The summed E-state index contributed by atoms with van der Waals surface area (Å²) in [6.45, 7) is 3.88. The van der Waals surface area contributed by atoms with Crippen molar-refractivity contribution in [1.29, 1.82) is 0 Å². The Balaban J connectivity index is 1.32. The van der Waals surface area contributed by atoms with E-state index in [1.807, 2.05) is 13.0 Å². The van der Waals surface area contributed by atoms with E-state index in [1.54, 1.807) is 30.3 Å². The van der Waals surface area contributed by atoms with Gasteiger partial charge in [-0.3, -0.25) is 9.69 Å². The van der Waals surface area contributed by atoms with E-state index in [2.05, 4.69) is 9.89 Å². The number of hydrogen-bond donors (Lipinski definition) is 0. The zero-order valence-corrected chi connectivity index (χ0v) is 18.1. The number of likely N-dealkylation sites (tertiary alicyclic amines) is 1. The highest BCUT2D eigenvalue weighted by molar-refractivity contribution is 6.06. The lowest BCUT2D eigenvalue weighted by atomic mass is 9.95. The average Bonchev–Trinajstić information content (AvgIpc) is 3.57. The van der Waals surface area contributed by atoms with Crippen LogP contribution in [0.1, 0.15) is 35.7 Å². The van der Waals surface area contributed by atoms with Crippen LogP contribution in [0.15, 0.2) is 65.7 Å². The molecule has 1 amide bonds. The molecule has 0 atom stereocenters. The summed E-state index contributed by atoms with van der Waals surface area (Å²) >= 11 is 0. The molecule has 2 aliphatic rings. The van der Waals surface area contributed by atoms with Crippen LogP contribution in [0.4, 0.5) is 13.2 Å². The lowest BCUT2D eigenvalue weighted by molar-refractivity contribution is -0.137. The third-order valence-corrected chi connectivity index (χ3v) is 6.34. The predicted molar refractivity (Wildman–Crippen MR) is 121 cm³/mol. The molecule has 0 bridgehead atoms. The normalized spacial score (nSPS) is 17.8. The van der Waals surface area contributed by atoms with E-state index >= 15 is 0 Å². The highest BCUT2D eigenvalue weighted by Gasteiger charge is 2.39. The van der Waals surface area contributed by atoms with Crippen molar-refractivity contribution >= 4 is 22.4 Å². The summed E-state index contributed by atoms with van der Waals surface area (Å²) in [5.74, 6) is 0.879. The molecule has 1 heterocycles. The van der Waals surface area contributed by atoms with E-state index in [1.165, 1.54) is 25.0 Å². The van der Waals surface area contributed by atoms with Gasteiger partial charge in [-0.25, -0.2) is 4.99 Å². The van der Waals surface area contributed by atoms with Crippen molar-refractivity contribution in [2.75, 3.05) is 13.1 Å². The molecule has 170 valence electrons. The molecule has 0 spiro atoms. The van der Waals surface area contributed by atoms with E-state index in [-0.39, 0.29) is 5.91 Å². The Kier molecular flexibility index (Phi) is 5.44. The maximum absolute atomic E-state index is 12.8. The molecule has 0 N–H and O–H groups in total. The second-order valence-corrected chi connectivity index (χ2v) is 8.76. The lowest BCUT2D eigenvalue weighted by Gasteiger charge is -2.39. The quantitative estimate of drug-likeness (QED) is 0.424. The van der Waals surface area contributed by atoms with Gasteiger partial charge in [0.2, 0.25) is 0 Å². The average molecular weight is 452 g/mol. The Hall–Kier alpha value is -3.19. The molecule has 33 heavy (non-hydrogen) atoms. The molecule has 1 saturated heterocycles. The number of amides is 1. The smallest absolute Gasteiger partial charge is 0.416 e. The van der Waals surface area contributed by atoms with Crippen molar-refractivity contribution in [1.82, 2.24) is 4.90 Å². The third kappa shape index (κ3) is 4.64. The van der Waals surface area contributed by atoms with Gasteiger partial charge in [0, 0.05) is 41.7 Å². The van der Waals surface area contributed by atoms with Crippen LogP contribution in [0.5, 0.6) is 11.5 Å². The van der Waals surface area contributed by atoms with Gasteiger partial charge in [-0.1, -0.05) is 12.1 Å². The van der Waals surface area contributed by atoms with Crippen molar-refractivity contribution in [3.8, 4) is 11.5 Å². The Labute approximate surface area is 189 Å². The molecule has 0 unspecified atom stereocenters. The Morgan fingerprint density at radius 2 is 1.76 bits per heavy atom. The first-order valence-corrected chi connectivity index (χ1v) is 11.0. The van der Waals surface area contributed by atoms with Crippen molar-refractivity contribution in [3.05, 3.63) is 71.8 Å². The predicted octanol–water partition coefficient (Wildman–Crippen LogP) is 6.35. The molecule has 3 aromatic carbocycles. The van der Waals surface area contributed by atoms with Gasteiger partial charge in [-0.05, 0) is 73.7 Å². The first-order chi connectivity index (χ1) is 15.8. The number of fused-ring (bicyclic) bond motifs is 1. The number of hydrogen-bond acceptors (Lipinski definition) is 3. The minimum Gasteiger partial charge on any atom is -0.457 e. The standard InChI is InChI=1S/C26H23F3N2O2/c1-16(19-14-31(15-19)21-8-9-21)30-25(32)18-5-12-23-17(13-18)3-2-4-24(23)33-22-10-6-20(7-11-22)26(27,28)29/h2-7,10-13,19,21H,8-9,14-15H2,1H3. The fourth-order valence-electron chi connectivity index (χ4n) is 4.15. The summed E-state index contributed by atoms with van der Waals surface area (Å²) in [6.07, 6.45) is -1.83. The topological polar surface area (TPSA) is 41.9 Å². The number of carbonyl (C=O) groups excluding carboxylic acids is 1. The Bertz CT molecular complexity index is 1220. The lowest BCUT2D eigenvalue weighted by Crippen LogP contribution is -2.50. The van der Waals surface area contributed by atoms with Gasteiger partial charge in [0.05, 0.1) is 5.56 Å². The molecule has 2 fully saturated rings. The summed E-state index contributed by atoms with van der Waals surface area (Å²) in [5.41, 5.74) is 0.636. The van der Waals surface area contributed by atoms with Crippen molar-refractivity contribution in [3.63, 3.8) is 0 Å². The van der Waals surface area contributed by atoms with Crippen molar-refractivity contribution in [2.24, 2.45) is 10.9 Å². The number of alkyl halides is 3. The Morgan fingerprint density at radius 1 is 1.03 bits per heavy atom. The van der Waals surface area contributed by atoms with Crippen LogP contribution in [0.3, 0.4) is 0 Å². The maximum atomic E-state index is 12.8. The minimum atomic E-state index is -4.39. The number of benzene rings is 3. The van der Waals surface area contributed by atoms with Gasteiger partial charge in [-0.15, -0.1) is 0 Å². The van der Waals surface area contributed by atoms with Gasteiger partial charge in [0.15, 0.2) is 0 Å². The van der Waals surface area contributed by atoms with Gasteiger partial charge in [0.25, 0.3) is 5.91 Å². The summed E-state index contributed by atoms with van der Waals surface area (Å²) in [6, 6.07) is 16.0.